The quantitative estimate of drug-likeness (QED) is 0.605. The van der Waals surface area contributed by atoms with Crippen molar-refractivity contribution in [2.75, 3.05) is 0 Å². The second-order valence-electron chi connectivity index (χ2n) is 3.57. The van der Waals surface area contributed by atoms with E-state index in [1.54, 1.807) is 11.8 Å². The van der Waals surface area contributed by atoms with Crippen molar-refractivity contribution in [3.63, 3.8) is 0 Å². The Morgan fingerprint density at radius 1 is 1.00 bits per heavy atom. The molecule has 0 aliphatic carbocycles. The van der Waals surface area contributed by atoms with Crippen molar-refractivity contribution in [1.29, 1.82) is 5.41 Å². The average Bonchev–Trinajstić information content (AvgIpc) is 2.39. The van der Waals surface area contributed by atoms with Gasteiger partial charge >= 0.3 is 0 Å². The van der Waals surface area contributed by atoms with Gasteiger partial charge in [-0.2, -0.15) is 0 Å². The summed E-state index contributed by atoms with van der Waals surface area (Å²) in [6.45, 7) is 0. The van der Waals surface area contributed by atoms with Crippen molar-refractivity contribution >= 4 is 42.0 Å². The lowest BCUT2D eigenvalue weighted by Crippen LogP contribution is -1.94. The van der Waals surface area contributed by atoms with Gasteiger partial charge in [0.2, 0.25) is 0 Å². The second-order valence-corrected chi connectivity index (χ2v) is 5.22. The van der Waals surface area contributed by atoms with Gasteiger partial charge in [-0.1, -0.05) is 41.9 Å². The molecule has 0 radical (unpaired) electrons. The molecule has 1 atom stereocenters. The van der Waals surface area contributed by atoms with E-state index in [1.807, 2.05) is 54.6 Å². The van der Waals surface area contributed by atoms with Crippen LogP contribution in [-0.4, -0.2) is 6.21 Å². The highest BCUT2D eigenvalue weighted by Gasteiger charge is 2.09. The van der Waals surface area contributed by atoms with Crippen molar-refractivity contribution in [2.24, 2.45) is 0 Å². The monoisotopic (exact) mass is 297 g/mol. The largest absolute Gasteiger partial charge is 0.312 e. The predicted molar refractivity (Wildman–Crippen MR) is 82.5 cm³/mol. The molecule has 4 heteroatoms. The van der Waals surface area contributed by atoms with Gasteiger partial charge in [-0.15, -0.1) is 24.2 Å². The number of halogens is 2. The topological polar surface area (TPSA) is 23.9 Å². The molecule has 18 heavy (non-hydrogen) atoms. The normalized spacial score (nSPS) is 11.4. The third kappa shape index (κ3) is 4.05. The minimum Gasteiger partial charge on any atom is -0.312 e. The second kappa shape index (κ2) is 7.47. The lowest BCUT2D eigenvalue weighted by Gasteiger charge is -2.11. The molecule has 2 rings (SSSR count). The maximum Gasteiger partial charge on any atom is 0.0689 e. The zero-order valence-corrected chi connectivity index (χ0v) is 11.9. The van der Waals surface area contributed by atoms with Crippen LogP contribution in [0, 0.1) is 5.41 Å². The molecule has 1 N–H and O–H groups in total. The van der Waals surface area contributed by atoms with Crippen molar-refractivity contribution < 1.29 is 0 Å². The van der Waals surface area contributed by atoms with Gasteiger partial charge in [-0.25, -0.2) is 0 Å². The molecule has 0 aliphatic rings. The van der Waals surface area contributed by atoms with Gasteiger partial charge in [-0.05, 0) is 29.8 Å². The summed E-state index contributed by atoms with van der Waals surface area (Å²) in [7, 11) is 0. The third-order valence-corrected chi connectivity index (χ3v) is 3.81. The molecule has 2 aromatic rings. The van der Waals surface area contributed by atoms with Crippen LogP contribution in [0.4, 0.5) is 0 Å². The van der Waals surface area contributed by atoms with E-state index in [0.717, 1.165) is 15.5 Å². The van der Waals surface area contributed by atoms with Gasteiger partial charge in [0.15, 0.2) is 0 Å². The third-order valence-electron chi connectivity index (χ3n) is 2.36. The van der Waals surface area contributed by atoms with Crippen LogP contribution >= 0.6 is 35.8 Å². The van der Waals surface area contributed by atoms with E-state index in [2.05, 4.69) is 0 Å². The lowest BCUT2D eigenvalue weighted by atomic mass is 10.2. The molecule has 1 nitrogen and oxygen atoms in total. The van der Waals surface area contributed by atoms with Crippen molar-refractivity contribution in [1.82, 2.24) is 0 Å². The number of hydrogen-bond donors (Lipinski definition) is 1. The molecule has 0 spiro atoms. The van der Waals surface area contributed by atoms with Crippen LogP contribution in [0.15, 0.2) is 59.5 Å². The molecule has 0 saturated heterocycles. The Morgan fingerprint density at radius 2 is 1.61 bits per heavy atom. The summed E-state index contributed by atoms with van der Waals surface area (Å²) in [6, 6.07) is 17.8. The summed E-state index contributed by atoms with van der Waals surface area (Å²) in [5.41, 5.74) is 1.14. The van der Waals surface area contributed by atoms with Crippen LogP contribution in [-0.2, 0) is 0 Å². The van der Waals surface area contributed by atoms with Gasteiger partial charge in [0.1, 0.15) is 0 Å². The average molecular weight is 298 g/mol. The molecule has 0 amide bonds. The number of benzene rings is 2. The zero-order chi connectivity index (χ0) is 12.1. The molecule has 0 heterocycles. The Bertz CT molecular complexity index is 485. The van der Waals surface area contributed by atoms with E-state index >= 15 is 0 Å². The van der Waals surface area contributed by atoms with Crippen LogP contribution < -0.4 is 0 Å². The van der Waals surface area contributed by atoms with Crippen LogP contribution in [0.2, 0.25) is 5.02 Å². The van der Waals surface area contributed by atoms with Crippen LogP contribution in [0.25, 0.3) is 0 Å². The molecule has 94 valence electrons. The number of nitrogens with one attached hydrogen (secondary N) is 1. The van der Waals surface area contributed by atoms with Crippen LogP contribution in [0.1, 0.15) is 10.8 Å². The minimum atomic E-state index is 0. The standard InChI is InChI=1S/C14H12ClNS.ClH/c15-12-6-8-13(9-7-12)17-14(10-16)11-4-2-1-3-5-11;/h1-10,14,16H;1H. The molecule has 0 aromatic heterocycles. The number of rotatable bonds is 4. The minimum absolute atomic E-state index is 0. The van der Waals surface area contributed by atoms with Gasteiger partial charge in [0, 0.05) is 16.1 Å². The van der Waals surface area contributed by atoms with E-state index in [0.29, 0.717) is 0 Å². The Labute approximate surface area is 122 Å². The summed E-state index contributed by atoms with van der Waals surface area (Å²) in [6.07, 6.45) is 1.47. The fraction of sp³-hybridized carbons (Fsp3) is 0.0714. The van der Waals surface area contributed by atoms with E-state index in [-0.39, 0.29) is 17.7 Å². The maximum absolute atomic E-state index is 7.52. The molecule has 2 aromatic carbocycles. The van der Waals surface area contributed by atoms with Crippen LogP contribution in [0.5, 0.6) is 0 Å². The molecule has 1 unspecified atom stereocenters. The summed E-state index contributed by atoms with van der Waals surface area (Å²) in [5, 5.41) is 8.31. The van der Waals surface area contributed by atoms with Crippen molar-refractivity contribution in [3.8, 4) is 0 Å². The van der Waals surface area contributed by atoms with Gasteiger partial charge in [0.25, 0.3) is 0 Å². The van der Waals surface area contributed by atoms with E-state index in [9.17, 15) is 0 Å². The van der Waals surface area contributed by atoms with Crippen molar-refractivity contribution in [2.45, 2.75) is 10.1 Å². The predicted octanol–water partition coefficient (Wildman–Crippen LogP) is 5.24. The Morgan fingerprint density at radius 3 is 2.17 bits per heavy atom. The summed E-state index contributed by atoms with van der Waals surface area (Å²) >= 11 is 7.49. The van der Waals surface area contributed by atoms with Gasteiger partial charge in [-0.3, -0.25) is 0 Å². The van der Waals surface area contributed by atoms with Crippen LogP contribution in [0.3, 0.4) is 0 Å². The fourth-order valence-electron chi connectivity index (χ4n) is 1.50. The van der Waals surface area contributed by atoms with Gasteiger partial charge in [0.05, 0.1) is 5.25 Å². The molecular weight excluding hydrogens is 285 g/mol. The van der Waals surface area contributed by atoms with E-state index < -0.39 is 0 Å². The smallest absolute Gasteiger partial charge is 0.0689 e. The SMILES string of the molecule is Cl.N=CC(Sc1ccc(Cl)cc1)c1ccccc1. The molecule has 0 aliphatic heterocycles. The Balaban J connectivity index is 0.00000162. The fourth-order valence-corrected chi connectivity index (χ4v) is 2.57. The first kappa shape index (κ1) is 15.1. The first-order chi connectivity index (χ1) is 8.29. The Hall–Kier alpha value is -0.960. The maximum atomic E-state index is 7.52. The summed E-state index contributed by atoms with van der Waals surface area (Å²) < 4.78 is 0. The molecule has 0 saturated carbocycles. The summed E-state index contributed by atoms with van der Waals surface area (Å²) in [5.74, 6) is 0. The molecular formula is C14H13Cl2NS. The molecule has 0 bridgehead atoms. The highest BCUT2D eigenvalue weighted by atomic mass is 35.5. The van der Waals surface area contributed by atoms with Gasteiger partial charge < -0.3 is 5.41 Å². The first-order valence-corrected chi connectivity index (χ1v) is 6.53. The highest BCUT2D eigenvalue weighted by Crippen LogP contribution is 2.33. The van der Waals surface area contributed by atoms with Crippen molar-refractivity contribution in [3.05, 3.63) is 65.2 Å². The number of thioether (sulfide) groups is 1. The molecule has 0 fully saturated rings. The number of hydrogen-bond acceptors (Lipinski definition) is 2. The summed E-state index contributed by atoms with van der Waals surface area (Å²) in [4.78, 5) is 1.12. The lowest BCUT2D eigenvalue weighted by molar-refractivity contribution is 1.28. The van der Waals surface area contributed by atoms with E-state index in [4.69, 9.17) is 17.0 Å². The Kier molecular flexibility index (Phi) is 6.27. The van der Waals surface area contributed by atoms with E-state index in [1.165, 1.54) is 6.21 Å². The zero-order valence-electron chi connectivity index (χ0n) is 9.55. The highest BCUT2D eigenvalue weighted by molar-refractivity contribution is 8.00. The first-order valence-electron chi connectivity index (χ1n) is 5.27.